The fraction of sp³-hybridized carbons (Fsp3) is 0.333. The predicted molar refractivity (Wildman–Crippen MR) is 135 cm³/mol. The van der Waals surface area contributed by atoms with E-state index in [0.717, 1.165) is 11.3 Å². The molecule has 0 aliphatic heterocycles. The maximum atomic E-state index is 15.7. The summed E-state index contributed by atoms with van der Waals surface area (Å²) in [6.07, 6.45) is 0.414. The molecule has 0 N–H and O–H groups in total. The molecule has 0 spiro atoms. The summed E-state index contributed by atoms with van der Waals surface area (Å²) in [5, 5.41) is 0.522. The number of ether oxygens (including phenoxy) is 1. The first-order chi connectivity index (χ1) is 16.9. The van der Waals surface area contributed by atoms with Gasteiger partial charge in [0.25, 0.3) is 0 Å². The molecule has 0 fully saturated rings. The molecule has 0 unspecified atom stereocenters. The van der Waals surface area contributed by atoms with Crippen LogP contribution in [0.15, 0.2) is 48.5 Å². The van der Waals surface area contributed by atoms with Crippen LogP contribution >= 0.6 is 22.7 Å². The maximum absolute atomic E-state index is 15.7. The quantitative estimate of drug-likeness (QED) is 0.221. The van der Waals surface area contributed by atoms with Gasteiger partial charge in [-0.1, -0.05) is 43.3 Å². The van der Waals surface area contributed by atoms with Crippen LogP contribution in [0, 0.1) is 6.92 Å². The van der Waals surface area contributed by atoms with Crippen molar-refractivity contribution >= 4 is 54.0 Å². The molecule has 1 atom stereocenters. The third-order valence-corrected chi connectivity index (χ3v) is 9.25. The minimum atomic E-state index is -5.60. The topological polar surface area (TPSA) is 9.23 Å². The highest BCUT2D eigenvalue weighted by Gasteiger charge is 2.80. The Labute approximate surface area is 212 Å². The van der Waals surface area contributed by atoms with E-state index < -0.39 is 28.9 Å². The third kappa shape index (κ3) is 3.39. The third-order valence-electron chi connectivity index (χ3n) is 6.76. The average molecular weight is 541 g/mol. The fourth-order valence-corrected chi connectivity index (χ4v) is 7.33. The molecule has 2 aromatic heterocycles. The molecule has 0 radical (unpaired) electrons. The number of rotatable bonds is 6. The summed E-state index contributed by atoms with van der Waals surface area (Å²) in [6, 6.07) is 13.0. The Hall–Kier alpha value is -2.36. The molecular formula is C27H22F6OS2. The van der Waals surface area contributed by atoms with E-state index in [0.29, 0.717) is 27.3 Å². The van der Waals surface area contributed by atoms with Gasteiger partial charge in [-0.25, -0.2) is 0 Å². The summed E-state index contributed by atoms with van der Waals surface area (Å²) in [7, 11) is 1.50. The Bertz CT molecular complexity index is 1500. The van der Waals surface area contributed by atoms with Crippen molar-refractivity contribution < 1.29 is 31.1 Å². The van der Waals surface area contributed by atoms with Gasteiger partial charge in [-0.15, -0.1) is 22.7 Å². The van der Waals surface area contributed by atoms with Crippen LogP contribution in [-0.4, -0.2) is 31.5 Å². The molecule has 0 saturated heterocycles. The first kappa shape index (κ1) is 25.3. The van der Waals surface area contributed by atoms with Gasteiger partial charge in [0.15, 0.2) is 0 Å². The highest BCUT2D eigenvalue weighted by molar-refractivity contribution is 7.19. The largest absolute Gasteiger partial charge is 0.385 e. The van der Waals surface area contributed by atoms with Crippen molar-refractivity contribution in [1.29, 1.82) is 0 Å². The van der Waals surface area contributed by atoms with Gasteiger partial charge in [-0.2, -0.15) is 26.3 Å². The van der Waals surface area contributed by atoms with E-state index in [1.165, 1.54) is 37.5 Å². The Morgan fingerprint density at radius 2 is 1.28 bits per heavy atom. The second-order valence-electron chi connectivity index (χ2n) is 9.02. The Morgan fingerprint density at radius 1 is 0.778 bits per heavy atom. The molecule has 1 aliphatic rings. The van der Waals surface area contributed by atoms with Gasteiger partial charge in [-0.05, 0) is 31.4 Å². The van der Waals surface area contributed by atoms with Crippen LogP contribution in [0.2, 0.25) is 0 Å². The maximum Gasteiger partial charge on any atom is 0.380 e. The fourth-order valence-electron chi connectivity index (χ4n) is 4.96. The number of halogens is 6. The van der Waals surface area contributed by atoms with Crippen LogP contribution in [0.1, 0.15) is 40.1 Å². The van der Waals surface area contributed by atoms with Gasteiger partial charge >= 0.3 is 17.8 Å². The molecular weight excluding hydrogens is 518 g/mol. The summed E-state index contributed by atoms with van der Waals surface area (Å²) in [4.78, 5) is 0.650. The molecule has 0 amide bonds. The standard InChI is InChI=1S/C27H22F6OS2/c1-14(12-13-34-3)24-21(17-9-5-7-11-19(17)36-24)23-22(25(28,29)27(32,33)26(23,30)31)20-15(2)35-18-10-6-4-8-16(18)20/h4-11,14H,12-13H2,1-3H3/t14-/m0/s1. The summed E-state index contributed by atoms with van der Waals surface area (Å²) in [6.45, 7) is 3.57. The van der Waals surface area contributed by atoms with Crippen LogP contribution in [0.4, 0.5) is 26.3 Å². The molecule has 2 aromatic carbocycles. The van der Waals surface area contributed by atoms with Crippen molar-refractivity contribution in [2.75, 3.05) is 13.7 Å². The summed E-state index contributed by atoms with van der Waals surface area (Å²) in [5.41, 5.74) is -3.01. The van der Waals surface area contributed by atoms with Crippen LogP contribution in [-0.2, 0) is 4.74 Å². The lowest BCUT2D eigenvalue weighted by Crippen LogP contribution is -2.49. The van der Waals surface area contributed by atoms with E-state index >= 15 is 26.3 Å². The molecule has 1 nitrogen and oxygen atoms in total. The zero-order valence-corrected chi connectivity index (χ0v) is 21.2. The molecule has 36 heavy (non-hydrogen) atoms. The van der Waals surface area contributed by atoms with Crippen molar-refractivity contribution in [3.05, 3.63) is 69.4 Å². The Kier molecular flexibility index (Phi) is 6.04. The smallest absolute Gasteiger partial charge is 0.380 e. The minimum absolute atomic E-state index is 0.217. The normalized spacial score (nSPS) is 19.5. The van der Waals surface area contributed by atoms with E-state index in [-0.39, 0.29) is 32.7 Å². The number of methoxy groups -OCH3 is 1. The van der Waals surface area contributed by atoms with Gasteiger partial charge in [-0.3, -0.25) is 0 Å². The van der Waals surface area contributed by atoms with E-state index in [1.807, 2.05) is 0 Å². The van der Waals surface area contributed by atoms with E-state index in [9.17, 15) is 0 Å². The Balaban J connectivity index is 1.95. The first-order valence-electron chi connectivity index (χ1n) is 11.3. The van der Waals surface area contributed by atoms with Gasteiger partial charge in [0.1, 0.15) is 0 Å². The van der Waals surface area contributed by atoms with Crippen LogP contribution in [0.25, 0.3) is 31.3 Å². The minimum Gasteiger partial charge on any atom is -0.385 e. The van der Waals surface area contributed by atoms with Crippen molar-refractivity contribution in [3.8, 4) is 0 Å². The summed E-state index contributed by atoms with van der Waals surface area (Å²) in [5.74, 6) is -16.2. The lowest BCUT2D eigenvalue weighted by atomic mass is 9.89. The van der Waals surface area contributed by atoms with Crippen LogP contribution in [0.3, 0.4) is 0 Å². The summed E-state index contributed by atoms with van der Waals surface area (Å²) < 4.78 is 99.2. The lowest BCUT2D eigenvalue weighted by Gasteiger charge is -2.26. The van der Waals surface area contributed by atoms with Crippen molar-refractivity contribution in [3.63, 3.8) is 0 Å². The zero-order chi connectivity index (χ0) is 26.0. The molecule has 0 saturated carbocycles. The van der Waals surface area contributed by atoms with Crippen molar-refractivity contribution in [1.82, 2.24) is 0 Å². The molecule has 0 bridgehead atoms. The van der Waals surface area contributed by atoms with Crippen LogP contribution in [0.5, 0.6) is 0 Å². The number of hydrogen-bond donors (Lipinski definition) is 0. The zero-order valence-electron chi connectivity index (χ0n) is 19.6. The lowest BCUT2D eigenvalue weighted by molar-refractivity contribution is -0.254. The number of thiophene rings is 2. The number of hydrogen-bond acceptors (Lipinski definition) is 3. The van der Waals surface area contributed by atoms with E-state index in [2.05, 4.69) is 0 Å². The van der Waals surface area contributed by atoms with Crippen molar-refractivity contribution in [2.24, 2.45) is 0 Å². The van der Waals surface area contributed by atoms with Gasteiger partial charge in [0.2, 0.25) is 0 Å². The highest BCUT2D eigenvalue weighted by Crippen LogP contribution is 2.67. The first-order valence-corrected chi connectivity index (χ1v) is 13.0. The molecule has 2 heterocycles. The van der Waals surface area contributed by atoms with E-state index in [4.69, 9.17) is 4.74 Å². The predicted octanol–water partition coefficient (Wildman–Crippen LogP) is 9.39. The molecule has 9 heteroatoms. The molecule has 4 aromatic rings. The second-order valence-corrected chi connectivity index (χ2v) is 11.4. The number of allylic oxidation sites excluding steroid dienone is 2. The van der Waals surface area contributed by atoms with Gasteiger partial charge < -0.3 is 4.74 Å². The average Bonchev–Trinajstić information content (AvgIpc) is 3.40. The Morgan fingerprint density at radius 3 is 1.86 bits per heavy atom. The SMILES string of the molecule is COCC[C@H](C)c1sc2ccccc2c1C1=C(c2c(C)sc3ccccc23)C(F)(F)C(F)(F)C1(F)F. The molecule has 1 aliphatic carbocycles. The number of aryl methyl sites for hydroxylation is 1. The molecule has 5 rings (SSSR count). The number of alkyl halides is 6. The monoisotopic (exact) mass is 540 g/mol. The second kappa shape index (κ2) is 8.60. The van der Waals surface area contributed by atoms with E-state index in [1.54, 1.807) is 43.3 Å². The highest BCUT2D eigenvalue weighted by atomic mass is 32.1. The number of benzene rings is 2. The van der Waals surface area contributed by atoms with Gasteiger partial charge in [0, 0.05) is 65.9 Å². The summed E-state index contributed by atoms with van der Waals surface area (Å²) >= 11 is 2.29. The molecule has 190 valence electrons. The van der Waals surface area contributed by atoms with Gasteiger partial charge in [0.05, 0.1) is 0 Å². The number of fused-ring (bicyclic) bond motifs is 2. The van der Waals surface area contributed by atoms with Crippen LogP contribution < -0.4 is 0 Å². The van der Waals surface area contributed by atoms with Crippen molar-refractivity contribution in [2.45, 2.75) is 44.0 Å².